The number of aryl methyl sites for hydroxylation is 1. The molecule has 1 aliphatic rings. The standard InChI is InChI=1S/C12H14N2O4S2/c1-7-8-5-9(11(15)16)19-10(8)14(13-7)12(2)3-4-20(17,18)6-12/h5H,3-4,6H2,1-2H3,(H,15,16). The summed E-state index contributed by atoms with van der Waals surface area (Å²) in [6, 6.07) is 1.61. The number of aromatic carboxylic acids is 1. The van der Waals surface area contributed by atoms with Crippen LogP contribution in [0.3, 0.4) is 0 Å². The first kappa shape index (κ1) is 13.6. The number of rotatable bonds is 2. The molecule has 0 aromatic carbocycles. The highest BCUT2D eigenvalue weighted by atomic mass is 32.2. The number of fused-ring (bicyclic) bond motifs is 1. The molecule has 8 heteroatoms. The zero-order valence-electron chi connectivity index (χ0n) is 11.1. The number of thiophene rings is 1. The van der Waals surface area contributed by atoms with E-state index in [1.165, 1.54) is 0 Å². The molecule has 108 valence electrons. The van der Waals surface area contributed by atoms with Gasteiger partial charge in [-0.2, -0.15) is 5.10 Å². The molecule has 1 saturated heterocycles. The number of aromatic nitrogens is 2. The highest BCUT2D eigenvalue weighted by Gasteiger charge is 2.42. The van der Waals surface area contributed by atoms with Crippen LogP contribution in [-0.4, -0.2) is 40.8 Å². The van der Waals surface area contributed by atoms with Crippen LogP contribution in [0.4, 0.5) is 0 Å². The molecule has 1 N–H and O–H groups in total. The number of sulfone groups is 1. The minimum Gasteiger partial charge on any atom is -0.477 e. The normalized spacial score (nSPS) is 25.3. The number of carbonyl (C=O) groups is 1. The van der Waals surface area contributed by atoms with Crippen molar-refractivity contribution < 1.29 is 18.3 Å². The third-order valence-electron chi connectivity index (χ3n) is 3.75. The summed E-state index contributed by atoms with van der Waals surface area (Å²) >= 11 is 1.14. The Bertz CT molecular complexity index is 818. The first-order valence-electron chi connectivity index (χ1n) is 6.15. The smallest absolute Gasteiger partial charge is 0.345 e. The van der Waals surface area contributed by atoms with E-state index in [-0.39, 0.29) is 16.4 Å². The fraction of sp³-hybridized carbons (Fsp3) is 0.500. The molecule has 1 unspecified atom stereocenters. The Kier molecular flexibility index (Phi) is 2.74. The van der Waals surface area contributed by atoms with Gasteiger partial charge in [0.25, 0.3) is 0 Å². The van der Waals surface area contributed by atoms with Gasteiger partial charge in [-0.15, -0.1) is 11.3 Å². The van der Waals surface area contributed by atoms with Crippen molar-refractivity contribution in [1.82, 2.24) is 9.78 Å². The minimum atomic E-state index is -3.04. The van der Waals surface area contributed by atoms with Crippen molar-refractivity contribution in [3.8, 4) is 0 Å². The molecule has 20 heavy (non-hydrogen) atoms. The number of hydrogen-bond donors (Lipinski definition) is 1. The van der Waals surface area contributed by atoms with Gasteiger partial charge < -0.3 is 5.11 Å². The second-order valence-corrected chi connectivity index (χ2v) is 8.69. The zero-order chi connectivity index (χ0) is 14.7. The Balaban J connectivity index is 2.19. The minimum absolute atomic E-state index is 0.0521. The van der Waals surface area contributed by atoms with E-state index in [0.29, 0.717) is 6.42 Å². The van der Waals surface area contributed by atoms with Gasteiger partial charge in [0, 0.05) is 5.39 Å². The van der Waals surface area contributed by atoms with Crippen LogP contribution in [0.1, 0.15) is 28.7 Å². The fourth-order valence-corrected chi connectivity index (χ4v) is 5.92. The zero-order valence-corrected chi connectivity index (χ0v) is 12.7. The van der Waals surface area contributed by atoms with Gasteiger partial charge in [0.05, 0.1) is 22.7 Å². The summed E-state index contributed by atoms with van der Waals surface area (Å²) in [4.78, 5) is 12.1. The maximum absolute atomic E-state index is 11.7. The Morgan fingerprint density at radius 2 is 2.25 bits per heavy atom. The van der Waals surface area contributed by atoms with Crippen LogP contribution in [0.25, 0.3) is 10.2 Å². The van der Waals surface area contributed by atoms with Crippen molar-refractivity contribution in [2.45, 2.75) is 25.8 Å². The van der Waals surface area contributed by atoms with Gasteiger partial charge in [-0.3, -0.25) is 0 Å². The van der Waals surface area contributed by atoms with E-state index in [2.05, 4.69) is 5.10 Å². The molecule has 2 aromatic rings. The summed E-state index contributed by atoms with van der Waals surface area (Å²) < 4.78 is 25.2. The summed E-state index contributed by atoms with van der Waals surface area (Å²) in [7, 11) is -3.04. The van der Waals surface area contributed by atoms with Gasteiger partial charge in [-0.05, 0) is 26.3 Å². The first-order valence-corrected chi connectivity index (χ1v) is 8.79. The van der Waals surface area contributed by atoms with Crippen LogP contribution in [0.5, 0.6) is 0 Å². The predicted octanol–water partition coefficient (Wildman–Crippen LogP) is 1.64. The van der Waals surface area contributed by atoms with E-state index in [1.54, 1.807) is 10.7 Å². The molecule has 0 spiro atoms. The number of hydrogen-bond acceptors (Lipinski definition) is 5. The number of carboxylic acids is 1. The molecule has 0 radical (unpaired) electrons. The first-order chi connectivity index (χ1) is 9.22. The molecule has 1 fully saturated rings. The summed E-state index contributed by atoms with van der Waals surface area (Å²) in [6.45, 7) is 3.67. The monoisotopic (exact) mass is 314 g/mol. The second-order valence-electron chi connectivity index (χ2n) is 5.47. The highest BCUT2D eigenvalue weighted by molar-refractivity contribution is 7.91. The van der Waals surface area contributed by atoms with Crippen LogP contribution in [0.15, 0.2) is 6.07 Å². The van der Waals surface area contributed by atoms with Crippen LogP contribution >= 0.6 is 11.3 Å². The van der Waals surface area contributed by atoms with Gasteiger partial charge in [0.2, 0.25) is 0 Å². The lowest BCUT2D eigenvalue weighted by atomic mass is 10.0. The number of nitrogens with zero attached hydrogens (tertiary/aromatic N) is 2. The molecule has 0 bridgehead atoms. The van der Waals surface area contributed by atoms with Gasteiger partial charge in [0.15, 0.2) is 9.84 Å². The van der Waals surface area contributed by atoms with Gasteiger partial charge in [-0.25, -0.2) is 17.9 Å². The summed E-state index contributed by atoms with van der Waals surface area (Å²) in [5.74, 6) is -0.765. The van der Waals surface area contributed by atoms with Crippen molar-refractivity contribution in [3.05, 3.63) is 16.6 Å². The lowest BCUT2D eigenvalue weighted by molar-refractivity contribution is 0.0702. The largest absolute Gasteiger partial charge is 0.477 e. The average molecular weight is 314 g/mol. The molecule has 3 rings (SSSR count). The van der Waals surface area contributed by atoms with Crippen LogP contribution < -0.4 is 0 Å². The molecule has 3 heterocycles. The quantitative estimate of drug-likeness (QED) is 0.910. The summed E-state index contributed by atoms with van der Waals surface area (Å²) in [5, 5.41) is 14.3. The fourth-order valence-electron chi connectivity index (χ4n) is 2.68. The van der Waals surface area contributed by atoms with E-state index >= 15 is 0 Å². The van der Waals surface area contributed by atoms with Gasteiger partial charge in [-0.1, -0.05) is 0 Å². The van der Waals surface area contributed by atoms with E-state index in [1.807, 2.05) is 13.8 Å². The Morgan fingerprint density at radius 3 is 2.80 bits per heavy atom. The van der Waals surface area contributed by atoms with Gasteiger partial charge >= 0.3 is 5.97 Å². The molecule has 2 aromatic heterocycles. The van der Waals surface area contributed by atoms with Crippen molar-refractivity contribution in [2.75, 3.05) is 11.5 Å². The molecule has 6 nitrogen and oxygen atoms in total. The average Bonchev–Trinajstić information content (AvgIpc) is 2.94. The lowest BCUT2D eigenvalue weighted by Gasteiger charge is -2.23. The Morgan fingerprint density at radius 1 is 1.55 bits per heavy atom. The van der Waals surface area contributed by atoms with E-state index < -0.39 is 21.3 Å². The van der Waals surface area contributed by atoms with Crippen molar-refractivity contribution >= 4 is 37.4 Å². The van der Waals surface area contributed by atoms with Crippen molar-refractivity contribution in [1.29, 1.82) is 0 Å². The molecule has 0 aliphatic carbocycles. The molecule has 0 amide bonds. The SMILES string of the molecule is Cc1nn(C2(C)CCS(=O)(=O)C2)c2sc(C(=O)O)cc12. The molecular formula is C12H14N2O4S2. The lowest BCUT2D eigenvalue weighted by Crippen LogP contribution is -2.32. The molecule has 0 saturated carbocycles. The van der Waals surface area contributed by atoms with Gasteiger partial charge in [0.1, 0.15) is 9.71 Å². The second kappa shape index (κ2) is 4.05. The predicted molar refractivity (Wildman–Crippen MR) is 76.2 cm³/mol. The number of carboxylic acid groups (broad SMARTS) is 1. The van der Waals surface area contributed by atoms with E-state index in [0.717, 1.165) is 27.2 Å². The van der Waals surface area contributed by atoms with Crippen molar-refractivity contribution in [2.24, 2.45) is 0 Å². The third-order valence-corrected chi connectivity index (χ3v) is 6.74. The molecule has 1 aliphatic heterocycles. The molecular weight excluding hydrogens is 300 g/mol. The maximum Gasteiger partial charge on any atom is 0.345 e. The van der Waals surface area contributed by atoms with Crippen LogP contribution in [0, 0.1) is 6.92 Å². The Labute approximate surface area is 119 Å². The maximum atomic E-state index is 11.7. The molecule has 1 atom stereocenters. The highest BCUT2D eigenvalue weighted by Crippen LogP contribution is 2.37. The topological polar surface area (TPSA) is 89.3 Å². The Hall–Kier alpha value is -1.41. The van der Waals surface area contributed by atoms with Crippen LogP contribution in [0.2, 0.25) is 0 Å². The summed E-state index contributed by atoms with van der Waals surface area (Å²) in [5.41, 5.74) is 0.140. The van der Waals surface area contributed by atoms with Crippen molar-refractivity contribution in [3.63, 3.8) is 0 Å². The third kappa shape index (κ3) is 1.94. The van der Waals surface area contributed by atoms with E-state index in [9.17, 15) is 13.2 Å². The van der Waals surface area contributed by atoms with E-state index in [4.69, 9.17) is 5.11 Å². The van der Waals surface area contributed by atoms with Crippen LogP contribution in [-0.2, 0) is 15.4 Å². The summed E-state index contributed by atoms with van der Waals surface area (Å²) in [6.07, 6.45) is 0.506.